The number of hydrogen-bond acceptors (Lipinski definition) is 8. The fourth-order valence-corrected chi connectivity index (χ4v) is 8.36. The van der Waals surface area contributed by atoms with Gasteiger partial charge in [0.2, 0.25) is 0 Å². The van der Waals surface area contributed by atoms with E-state index in [2.05, 4.69) is 40.8 Å². The average molecular weight is 581 g/mol. The molecule has 0 spiro atoms. The summed E-state index contributed by atoms with van der Waals surface area (Å²) in [6.45, 7) is 21.1. The summed E-state index contributed by atoms with van der Waals surface area (Å²) in [5.41, 5.74) is 0. The van der Waals surface area contributed by atoms with Crippen molar-refractivity contribution < 1.29 is 36.7 Å². The Morgan fingerprint density at radius 3 is 1.21 bits per heavy atom. The predicted molar refractivity (Wildman–Crippen MR) is 157 cm³/mol. The lowest BCUT2D eigenvalue weighted by Crippen LogP contribution is -2.39. The van der Waals surface area contributed by atoms with Gasteiger partial charge < -0.3 is 36.7 Å². The van der Waals surface area contributed by atoms with E-state index in [1.807, 2.05) is 0 Å². The molecule has 2 unspecified atom stereocenters. The van der Waals surface area contributed by atoms with Crippen LogP contribution in [0.1, 0.15) is 79.1 Å². The molecule has 0 aliphatic carbocycles. The van der Waals surface area contributed by atoms with Crippen molar-refractivity contribution in [2.24, 2.45) is 0 Å². The number of rotatable bonds is 26. The van der Waals surface area contributed by atoms with E-state index < -0.39 is 17.1 Å². The second-order valence-electron chi connectivity index (χ2n) is 10.6. The van der Waals surface area contributed by atoms with Crippen LogP contribution in [0.15, 0.2) is 0 Å². The molecule has 38 heavy (non-hydrogen) atoms. The Morgan fingerprint density at radius 1 is 0.526 bits per heavy atom. The Bertz CT molecular complexity index is 517. The lowest BCUT2D eigenvalue weighted by atomic mass is 10.4. The maximum atomic E-state index is 6.09. The first kappa shape index (κ1) is 36.1. The van der Waals surface area contributed by atoms with Crippen LogP contribution >= 0.6 is 0 Å². The molecule has 0 N–H and O–H groups in total. The number of unbranched alkanes of at least 4 members (excludes halogenated alkanes) is 2. The van der Waals surface area contributed by atoms with Crippen LogP contribution in [-0.4, -0.2) is 95.4 Å². The first-order chi connectivity index (χ1) is 18.4. The fourth-order valence-electron chi connectivity index (χ4n) is 3.62. The van der Waals surface area contributed by atoms with E-state index in [-0.39, 0.29) is 0 Å². The van der Waals surface area contributed by atoms with Crippen molar-refractivity contribution in [1.82, 2.24) is 0 Å². The van der Waals surface area contributed by atoms with Gasteiger partial charge in [0.15, 0.2) is 0 Å². The summed E-state index contributed by atoms with van der Waals surface area (Å²) in [5.74, 6) is 0. The summed E-state index contributed by atoms with van der Waals surface area (Å²) in [4.78, 5) is 0. The molecule has 0 amide bonds. The van der Waals surface area contributed by atoms with Crippen molar-refractivity contribution in [3.63, 3.8) is 0 Å². The maximum Gasteiger partial charge on any atom is 0.335 e. The second-order valence-corrected chi connectivity index (χ2v) is 17.3. The Hall–Kier alpha value is 0.114. The molecule has 8 nitrogen and oxygen atoms in total. The molecule has 2 rings (SSSR count). The van der Waals surface area contributed by atoms with E-state index in [4.69, 9.17) is 36.7 Å². The van der Waals surface area contributed by atoms with Crippen LogP contribution in [0.3, 0.4) is 0 Å². The van der Waals surface area contributed by atoms with Gasteiger partial charge in [-0.2, -0.15) is 0 Å². The molecular formula is C28H60O8Si2. The topological polar surface area (TPSA) is 80.4 Å². The highest BCUT2D eigenvalue weighted by atomic mass is 28.4. The van der Waals surface area contributed by atoms with E-state index in [1.165, 1.54) is 12.8 Å². The maximum absolute atomic E-state index is 6.09. The van der Waals surface area contributed by atoms with Crippen molar-refractivity contribution in [2.75, 3.05) is 66.1 Å². The van der Waals surface area contributed by atoms with Gasteiger partial charge in [-0.25, -0.2) is 0 Å². The summed E-state index contributed by atoms with van der Waals surface area (Å²) in [5, 5.41) is 0. The summed E-state index contributed by atoms with van der Waals surface area (Å²) in [6, 6.07) is 2.03. The molecule has 0 aromatic rings. The molecule has 0 saturated carbocycles. The molecule has 2 aliphatic rings. The van der Waals surface area contributed by atoms with Gasteiger partial charge >= 0.3 is 17.1 Å². The molecule has 0 aromatic heterocycles. The van der Waals surface area contributed by atoms with Gasteiger partial charge in [-0.15, -0.1) is 0 Å². The molecule has 2 saturated heterocycles. The standard InChI is InChI=1S/C15H32O4Si.C13H28O4Si/c1-4-6-10-18-20(3,19-11-7-5-2)12-8-9-16-13-15-14-17-15;1-4-7-16-18(3,17-8-5-2)10-6-9-14-11-13-12-15-13/h15H,4-14H2,1-3H3;13H,4-12H2,1-3H3. The number of hydrogen-bond donors (Lipinski definition) is 0. The minimum atomic E-state index is -2.00. The van der Waals surface area contributed by atoms with Crippen LogP contribution < -0.4 is 0 Å². The highest BCUT2D eigenvalue weighted by Crippen LogP contribution is 2.19. The minimum Gasteiger partial charge on any atom is -0.394 e. The van der Waals surface area contributed by atoms with E-state index in [9.17, 15) is 0 Å². The van der Waals surface area contributed by atoms with E-state index in [0.29, 0.717) is 12.2 Å². The van der Waals surface area contributed by atoms with Gasteiger partial charge in [0.1, 0.15) is 12.2 Å². The van der Waals surface area contributed by atoms with Crippen molar-refractivity contribution >= 4 is 17.1 Å². The first-order valence-corrected chi connectivity index (χ1v) is 20.4. The van der Waals surface area contributed by atoms with Crippen LogP contribution in [-0.2, 0) is 36.7 Å². The monoisotopic (exact) mass is 580 g/mol. The smallest absolute Gasteiger partial charge is 0.335 e. The average Bonchev–Trinajstić information content (AvgIpc) is 3.83. The van der Waals surface area contributed by atoms with Gasteiger partial charge in [0, 0.05) is 39.6 Å². The Kier molecular flexibility index (Phi) is 21.6. The molecular weight excluding hydrogens is 520 g/mol. The van der Waals surface area contributed by atoms with Gasteiger partial charge in [0.05, 0.1) is 26.4 Å². The number of ether oxygens (including phenoxy) is 4. The lowest BCUT2D eigenvalue weighted by Gasteiger charge is -2.27. The molecule has 2 heterocycles. The van der Waals surface area contributed by atoms with Crippen molar-refractivity contribution in [2.45, 2.75) is 116 Å². The zero-order valence-electron chi connectivity index (χ0n) is 25.6. The van der Waals surface area contributed by atoms with Gasteiger partial charge in [-0.05, 0) is 63.7 Å². The highest BCUT2D eigenvalue weighted by molar-refractivity contribution is 6.66. The molecule has 2 atom stereocenters. The quantitative estimate of drug-likeness (QED) is 0.0678. The van der Waals surface area contributed by atoms with E-state index in [1.54, 1.807) is 0 Å². The second kappa shape index (κ2) is 22.8. The largest absolute Gasteiger partial charge is 0.394 e. The first-order valence-electron chi connectivity index (χ1n) is 15.3. The van der Waals surface area contributed by atoms with Crippen LogP contribution in [0.2, 0.25) is 25.2 Å². The van der Waals surface area contributed by atoms with Crippen molar-refractivity contribution in [1.29, 1.82) is 0 Å². The van der Waals surface area contributed by atoms with Gasteiger partial charge in [0.25, 0.3) is 0 Å². The predicted octanol–water partition coefficient (Wildman–Crippen LogP) is 6.21. The molecule has 10 heteroatoms. The minimum absolute atomic E-state index is 0.361. The third-order valence-electron chi connectivity index (χ3n) is 6.28. The van der Waals surface area contributed by atoms with Crippen molar-refractivity contribution in [3.05, 3.63) is 0 Å². The van der Waals surface area contributed by atoms with Crippen LogP contribution in [0.25, 0.3) is 0 Å². The normalized spacial score (nSPS) is 18.8. The third kappa shape index (κ3) is 20.9. The molecule has 2 aliphatic heterocycles. The Morgan fingerprint density at radius 2 is 0.895 bits per heavy atom. The summed E-state index contributed by atoms with van der Waals surface area (Å²) in [6.07, 6.45) is 9.44. The Labute approximate surface area is 236 Å². The molecule has 0 aromatic carbocycles. The van der Waals surface area contributed by atoms with E-state index >= 15 is 0 Å². The molecule has 2 fully saturated rings. The summed E-state index contributed by atoms with van der Waals surface area (Å²) in [7, 11) is -3.96. The van der Waals surface area contributed by atoms with E-state index in [0.717, 1.165) is 117 Å². The number of epoxide rings is 2. The van der Waals surface area contributed by atoms with Crippen LogP contribution in [0.4, 0.5) is 0 Å². The SMILES string of the molecule is CCCCO[Si](C)(CCCOCC1CO1)OCCCC.CCCO[Si](C)(CCCOCC1CO1)OCCC. The third-order valence-corrected chi connectivity index (χ3v) is 12.1. The van der Waals surface area contributed by atoms with Crippen LogP contribution in [0.5, 0.6) is 0 Å². The van der Waals surface area contributed by atoms with Gasteiger partial charge in [-0.3, -0.25) is 0 Å². The molecule has 228 valence electrons. The fraction of sp³-hybridized carbons (Fsp3) is 1.00. The Balaban J connectivity index is 0.000000382. The summed E-state index contributed by atoms with van der Waals surface area (Å²) < 4.78 is 45.5. The lowest BCUT2D eigenvalue weighted by molar-refractivity contribution is 0.112. The highest BCUT2D eigenvalue weighted by Gasteiger charge is 2.32. The van der Waals surface area contributed by atoms with Crippen LogP contribution in [0, 0.1) is 0 Å². The molecule has 0 bridgehead atoms. The van der Waals surface area contributed by atoms with Crippen molar-refractivity contribution in [3.8, 4) is 0 Å². The summed E-state index contributed by atoms with van der Waals surface area (Å²) >= 11 is 0. The zero-order valence-corrected chi connectivity index (χ0v) is 27.6. The zero-order chi connectivity index (χ0) is 28.0. The molecule has 0 radical (unpaired) electrons. The van der Waals surface area contributed by atoms with Gasteiger partial charge in [-0.1, -0.05) is 40.5 Å².